The topological polar surface area (TPSA) is 67.2 Å². The Kier molecular flexibility index (Phi) is 5.82. The van der Waals surface area contributed by atoms with E-state index < -0.39 is 5.41 Å². The molecule has 1 saturated heterocycles. The van der Waals surface area contributed by atoms with Crippen molar-refractivity contribution in [3.8, 4) is 0 Å². The smallest absolute Gasteiger partial charge is 0.242 e. The summed E-state index contributed by atoms with van der Waals surface area (Å²) in [7, 11) is 0. The molecule has 1 aliphatic heterocycles. The van der Waals surface area contributed by atoms with E-state index in [1.54, 1.807) is 0 Å². The van der Waals surface area contributed by atoms with Crippen LogP contribution >= 0.6 is 0 Å². The highest BCUT2D eigenvalue weighted by Crippen LogP contribution is 2.18. The summed E-state index contributed by atoms with van der Waals surface area (Å²) >= 11 is 0. The van der Waals surface area contributed by atoms with Gasteiger partial charge in [0.05, 0.1) is 17.6 Å². The molecule has 1 N–H and O–H groups in total. The quantitative estimate of drug-likeness (QED) is 0.899. The van der Waals surface area contributed by atoms with Crippen LogP contribution in [0.2, 0.25) is 0 Å². The van der Waals surface area contributed by atoms with Crippen LogP contribution in [0.1, 0.15) is 52.3 Å². The van der Waals surface area contributed by atoms with Crippen LogP contribution in [0.4, 0.5) is 0 Å². The molecule has 6 nitrogen and oxygen atoms in total. The van der Waals surface area contributed by atoms with Crippen molar-refractivity contribution in [1.82, 2.24) is 19.8 Å². The summed E-state index contributed by atoms with van der Waals surface area (Å²) in [5.74, 6) is 0.820. The van der Waals surface area contributed by atoms with Crippen LogP contribution < -0.4 is 5.32 Å². The molecule has 2 amide bonds. The Morgan fingerprint density at radius 2 is 1.74 bits per heavy atom. The van der Waals surface area contributed by atoms with Crippen molar-refractivity contribution in [3.63, 3.8) is 0 Å². The summed E-state index contributed by atoms with van der Waals surface area (Å²) in [5, 5.41) is 2.96. The third-order valence-electron chi connectivity index (χ3n) is 5.07. The van der Waals surface area contributed by atoms with Gasteiger partial charge in [-0.05, 0) is 25.0 Å². The zero-order valence-corrected chi connectivity index (χ0v) is 16.6. The van der Waals surface area contributed by atoms with Crippen molar-refractivity contribution in [2.75, 3.05) is 13.1 Å². The number of likely N-dealkylation sites (tertiary alicyclic amines) is 1. The van der Waals surface area contributed by atoms with Gasteiger partial charge in [-0.3, -0.25) is 9.59 Å². The molecule has 2 aromatic rings. The minimum absolute atomic E-state index is 0.0278. The summed E-state index contributed by atoms with van der Waals surface area (Å²) in [6.45, 7) is 7.90. The second kappa shape index (κ2) is 8.11. The minimum Gasteiger partial charge on any atom is -0.348 e. The molecular formula is C21H30N4O2. The van der Waals surface area contributed by atoms with Gasteiger partial charge in [0.25, 0.3) is 0 Å². The molecule has 0 saturated carbocycles. The van der Waals surface area contributed by atoms with Gasteiger partial charge in [0.2, 0.25) is 11.8 Å². The number of nitrogens with zero attached hydrogens (tertiary/aromatic N) is 3. The van der Waals surface area contributed by atoms with E-state index >= 15 is 0 Å². The summed E-state index contributed by atoms with van der Waals surface area (Å²) < 4.78 is 1.95. The fourth-order valence-corrected chi connectivity index (χ4v) is 3.42. The van der Waals surface area contributed by atoms with E-state index in [0.717, 1.165) is 42.8 Å². The average Bonchev–Trinajstić information content (AvgIpc) is 2.80. The number of carbonyl (C=O) groups is 2. The van der Waals surface area contributed by atoms with Crippen LogP contribution in [0, 0.1) is 5.41 Å². The lowest BCUT2D eigenvalue weighted by Gasteiger charge is -2.22. The average molecular weight is 370 g/mol. The predicted molar refractivity (Wildman–Crippen MR) is 106 cm³/mol. The summed E-state index contributed by atoms with van der Waals surface area (Å²) in [4.78, 5) is 31.8. The molecule has 0 radical (unpaired) electrons. The first-order valence-corrected chi connectivity index (χ1v) is 9.86. The number of imidazole rings is 1. The van der Waals surface area contributed by atoms with Crippen molar-refractivity contribution in [1.29, 1.82) is 0 Å². The molecule has 27 heavy (non-hydrogen) atoms. The van der Waals surface area contributed by atoms with Gasteiger partial charge in [-0.1, -0.05) is 45.7 Å². The number of benzene rings is 1. The van der Waals surface area contributed by atoms with Crippen LogP contribution in [0.3, 0.4) is 0 Å². The molecule has 0 atom stereocenters. The Labute approximate surface area is 160 Å². The first-order valence-electron chi connectivity index (χ1n) is 9.86. The molecule has 0 spiro atoms. The number of hydrogen-bond donors (Lipinski definition) is 1. The second-order valence-electron chi connectivity index (χ2n) is 8.33. The summed E-state index contributed by atoms with van der Waals surface area (Å²) in [5.41, 5.74) is 1.32. The normalized spacial score (nSPS) is 15.6. The highest BCUT2D eigenvalue weighted by Gasteiger charge is 2.23. The maximum Gasteiger partial charge on any atom is 0.242 e. The molecule has 1 aromatic heterocycles. The number of para-hydroxylation sites is 2. The SMILES string of the molecule is CC(C)(C)C(=O)NCc1nc2ccccc2n1CC(=O)N1CCCCCC1. The lowest BCUT2D eigenvalue weighted by Crippen LogP contribution is -2.37. The van der Waals surface area contributed by atoms with Gasteiger partial charge in [-0.25, -0.2) is 4.98 Å². The third kappa shape index (κ3) is 4.67. The van der Waals surface area contributed by atoms with E-state index in [0.29, 0.717) is 6.54 Å². The van der Waals surface area contributed by atoms with Gasteiger partial charge in [-0.2, -0.15) is 0 Å². The van der Waals surface area contributed by atoms with Crippen LogP contribution in [0.5, 0.6) is 0 Å². The fraction of sp³-hybridized carbons (Fsp3) is 0.571. The first kappa shape index (κ1) is 19.4. The number of aromatic nitrogens is 2. The lowest BCUT2D eigenvalue weighted by molar-refractivity contribution is -0.131. The first-order chi connectivity index (χ1) is 12.9. The minimum atomic E-state index is -0.460. The number of nitrogens with one attached hydrogen (secondary N) is 1. The van der Waals surface area contributed by atoms with Crippen molar-refractivity contribution in [2.24, 2.45) is 5.41 Å². The maximum atomic E-state index is 12.9. The van der Waals surface area contributed by atoms with Gasteiger partial charge < -0.3 is 14.8 Å². The van der Waals surface area contributed by atoms with E-state index in [1.165, 1.54) is 12.8 Å². The number of carbonyl (C=O) groups excluding carboxylic acids is 2. The maximum absolute atomic E-state index is 12.9. The van der Waals surface area contributed by atoms with Gasteiger partial charge in [0.15, 0.2) is 0 Å². The van der Waals surface area contributed by atoms with Crippen LogP contribution in [0.15, 0.2) is 24.3 Å². The molecule has 3 rings (SSSR count). The molecule has 146 valence electrons. The van der Waals surface area contributed by atoms with E-state index in [-0.39, 0.29) is 18.4 Å². The largest absolute Gasteiger partial charge is 0.348 e. The van der Waals surface area contributed by atoms with E-state index in [1.807, 2.05) is 54.5 Å². The van der Waals surface area contributed by atoms with Crippen LogP contribution in [-0.4, -0.2) is 39.4 Å². The van der Waals surface area contributed by atoms with Crippen molar-refractivity contribution < 1.29 is 9.59 Å². The highest BCUT2D eigenvalue weighted by molar-refractivity contribution is 5.82. The van der Waals surface area contributed by atoms with Crippen LogP contribution in [-0.2, 0) is 22.7 Å². The van der Waals surface area contributed by atoms with Gasteiger partial charge >= 0.3 is 0 Å². The molecule has 0 unspecified atom stereocenters. The standard InChI is InChI=1S/C21H30N4O2/c1-21(2,3)20(27)22-14-18-23-16-10-6-7-11-17(16)25(18)15-19(26)24-12-8-4-5-9-13-24/h6-7,10-11H,4-5,8-9,12-15H2,1-3H3,(H,22,27). The predicted octanol–water partition coefficient (Wildman–Crippen LogP) is 3.10. The van der Waals surface area contributed by atoms with Crippen molar-refractivity contribution >= 4 is 22.8 Å². The van der Waals surface area contributed by atoms with Gasteiger partial charge in [-0.15, -0.1) is 0 Å². The zero-order valence-electron chi connectivity index (χ0n) is 16.6. The Bertz CT molecular complexity index is 811. The third-order valence-corrected chi connectivity index (χ3v) is 5.07. The Balaban J connectivity index is 1.81. The number of rotatable bonds is 4. The number of amides is 2. The number of fused-ring (bicyclic) bond motifs is 1. The summed E-state index contributed by atoms with van der Waals surface area (Å²) in [6.07, 6.45) is 4.54. The molecule has 6 heteroatoms. The van der Waals surface area contributed by atoms with E-state index in [4.69, 9.17) is 0 Å². The van der Waals surface area contributed by atoms with Gasteiger partial charge in [0, 0.05) is 18.5 Å². The van der Waals surface area contributed by atoms with E-state index in [9.17, 15) is 9.59 Å². The molecule has 2 heterocycles. The van der Waals surface area contributed by atoms with Gasteiger partial charge in [0.1, 0.15) is 12.4 Å². The molecule has 1 aliphatic rings. The molecule has 1 fully saturated rings. The van der Waals surface area contributed by atoms with Crippen molar-refractivity contribution in [3.05, 3.63) is 30.1 Å². The van der Waals surface area contributed by atoms with E-state index in [2.05, 4.69) is 10.3 Å². The zero-order chi connectivity index (χ0) is 19.4. The monoisotopic (exact) mass is 370 g/mol. The molecule has 0 aliphatic carbocycles. The van der Waals surface area contributed by atoms with Crippen molar-refractivity contribution in [2.45, 2.75) is 59.5 Å². The second-order valence-corrected chi connectivity index (χ2v) is 8.33. The highest BCUT2D eigenvalue weighted by atomic mass is 16.2. The Hall–Kier alpha value is -2.37. The molecule has 0 bridgehead atoms. The van der Waals surface area contributed by atoms with Crippen LogP contribution in [0.25, 0.3) is 11.0 Å². The fourth-order valence-electron chi connectivity index (χ4n) is 3.42. The Morgan fingerprint density at radius 3 is 2.41 bits per heavy atom. The lowest BCUT2D eigenvalue weighted by atomic mass is 9.96. The summed E-state index contributed by atoms with van der Waals surface area (Å²) in [6, 6.07) is 7.81. The molecular weight excluding hydrogens is 340 g/mol. The Morgan fingerprint density at radius 1 is 1.07 bits per heavy atom. The number of hydrogen-bond acceptors (Lipinski definition) is 3. The molecule has 1 aromatic carbocycles.